The van der Waals surface area contributed by atoms with Crippen LogP contribution in [-0.2, 0) is 14.3 Å². The van der Waals surface area contributed by atoms with Crippen molar-refractivity contribution in [3.63, 3.8) is 0 Å². The Morgan fingerprint density at radius 3 is 1.72 bits per heavy atom. The number of esters is 1. The van der Waals surface area contributed by atoms with Gasteiger partial charge >= 0.3 is 5.97 Å². The number of rotatable bonds is 4. The van der Waals surface area contributed by atoms with Crippen LogP contribution in [0.15, 0.2) is 12.3 Å². The maximum atomic E-state index is 11.8. The fourth-order valence-electron chi connectivity index (χ4n) is 2.83. The summed E-state index contributed by atoms with van der Waals surface area (Å²) >= 11 is 0. The van der Waals surface area contributed by atoms with Crippen molar-refractivity contribution in [2.75, 3.05) is 0 Å². The maximum absolute atomic E-state index is 11.8. The molecule has 0 atom stereocenters. The largest absolute Gasteiger partial charge is 0.484 e. The van der Waals surface area contributed by atoms with E-state index in [0.29, 0.717) is 0 Å². The highest BCUT2D eigenvalue weighted by molar-refractivity contribution is 5.85. The molecule has 2 aliphatic carbocycles. The van der Waals surface area contributed by atoms with Gasteiger partial charge in [-0.25, -0.2) is 4.79 Å². The van der Waals surface area contributed by atoms with Crippen LogP contribution in [0.4, 0.5) is 0 Å². The quantitative estimate of drug-likeness (QED) is 0.434. The molecule has 0 aromatic carbocycles. The fourth-order valence-corrected chi connectivity index (χ4v) is 2.83. The first-order valence-corrected chi connectivity index (χ1v) is 7.32. The third-order valence-corrected chi connectivity index (χ3v) is 3.91. The molecule has 2 aliphatic rings. The van der Waals surface area contributed by atoms with Crippen LogP contribution in [0.3, 0.4) is 0 Å². The molecule has 0 bridgehead atoms. The van der Waals surface area contributed by atoms with Gasteiger partial charge in [0, 0.05) is 0 Å². The summed E-state index contributed by atoms with van der Waals surface area (Å²) in [5.74, 6) is -0.153. The third kappa shape index (κ3) is 4.04. The van der Waals surface area contributed by atoms with Gasteiger partial charge in [-0.05, 0) is 57.9 Å². The van der Waals surface area contributed by atoms with Crippen molar-refractivity contribution in [1.29, 1.82) is 0 Å². The van der Waals surface area contributed by atoms with Crippen LogP contribution in [-0.4, -0.2) is 18.2 Å². The van der Waals surface area contributed by atoms with Gasteiger partial charge in [-0.1, -0.05) is 12.8 Å². The molecule has 3 nitrogen and oxygen atoms in total. The van der Waals surface area contributed by atoms with E-state index in [1.54, 1.807) is 0 Å². The zero-order chi connectivity index (χ0) is 12.8. The summed E-state index contributed by atoms with van der Waals surface area (Å²) in [5.41, 5.74) is 0. The van der Waals surface area contributed by atoms with Gasteiger partial charge < -0.3 is 9.47 Å². The average molecular weight is 252 g/mol. The summed E-state index contributed by atoms with van der Waals surface area (Å²) in [6.45, 7) is 3.72. The summed E-state index contributed by atoms with van der Waals surface area (Å²) in [4.78, 5) is 11.8. The molecule has 0 aromatic rings. The molecule has 0 aromatic heterocycles. The second-order valence-electron chi connectivity index (χ2n) is 5.47. The SMILES string of the molecule is C=C(OC1CCCCC1)C(=O)OC1CCCCC1. The number of hydrogen-bond donors (Lipinski definition) is 0. The molecule has 3 heteroatoms. The molecule has 0 radical (unpaired) electrons. The van der Waals surface area contributed by atoms with Crippen molar-refractivity contribution in [3.05, 3.63) is 12.3 Å². The van der Waals surface area contributed by atoms with Gasteiger partial charge in [-0.2, -0.15) is 0 Å². The molecule has 0 N–H and O–H groups in total. The zero-order valence-corrected chi connectivity index (χ0v) is 11.2. The topological polar surface area (TPSA) is 35.5 Å². The first kappa shape index (κ1) is 13.4. The lowest BCUT2D eigenvalue weighted by Gasteiger charge is -2.25. The van der Waals surface area contributed by atoms with Crippen LogP contribution in [0, 0.1) is 0 Å². The van der Waals surface area contributed by atoms with Crippen LogP contribution < -0.4 is 0 Å². The van der Waals surface area contributed by atoms with Crippen LogP contribution >= 0.6 is 0 Å². The second kappa shape index (κ2) is 6.81. The van der Waals surface area contributed by atoms with E-state index in [2.05, 4.69) is 6.58 Å². The highest BCUT2D eigenvalue weighted by Crippen LogP contribution is 2.24. The van der Waals surface area contributed by atoms with Crippen LogP contribution in [0.1, 0.15) is 64.2 Å². The number of hydrogen-bond acceptors (Lipinski definition) is 3. The number of carbonyl (C=O) groups is 1. The third-order valence-electron chi connectivity index (χ3n) is 3.91. The molecule has 0 saturated heterocycles. The molecule has 18 heavy (non-hydrogen) atoms. The first-order valence-electron chi connectivity index (χ1n) is 7.32. The van der Waals surface area contributed by atoms with Gasteiger partial charge in [0.2, 0.25) is 0 Å². The van der Waals surface area contributed by atoms with Crippen molar-refractivity contribution >= 4 is 5.97 Å². The van der Waals surface area contributed by atoms with Crippen molar-refractivity contribution in [1.82, 2.24) is 0 Å². The van der Waals surface area contributed by atoms with Gasteiger partial charge in [0.1, 0.15) is 6.10 Å². The maximum Gasteiger partial charge on any atom is 0.373 e. The molecular formula is C15H24O3. The molecule has 0 heterocycles. The van der Waals surface area contributed by atoms with E-state index in [9.17, 15) is 4.79 Å². The lowest BCUT2D eigenvalue weighted by Crippen LogP contribution is -2.25. The smallest absolute Gasteiger partial charge is 0.373 e. The van der Waals surface area contributed by atoms with E-state index in [4.69, 9.17) is 9.47 Å². The molecule has 102 valence electrons. The molecule has 2 saturated carbocycles. The highest BCUT2D eigenvalue weighted by Gasteiger charge is 2.23. The normalized spacial score (nSPS) is 22.4. The Bertz CT molecular complexity index is 256. The molecule has 0 spiro atoms. The average Bonchev–Trinajstić information content (AvgIpc) is 2.41. The Labute approximate surface area is 110 Å². The van der Waals surface area contributed by atoms with E-state index in [1.165, 1.54) is 25.7 Å². The molecule has 0 unspecified atom stereocenters. The minimum atomic E-state index is -0.354. The van der Waals surface area contributed by atoms with Crippen molar-refractivity contribution in [2.45, 2.75) is 76.4 Å². The van der Waals surface area contributed by atoms with Crippen LogP contribution in [0.2, 0.25) is 0 Å². The Morgan fingerprint density at radius 2 is 1.22 bits per heavy atom. The summed E-state index contributed by atoms with van der Waals surface area (Å²) in [7, 11) is 0. The van der Waals surface area contributed by atoms with E-state index in [1.807, 2.05) is 0 Å². The van der Waals surface area contributed by atoms with Crippen molar-refractivity contribution in [2.24, 2.45) is 0 Å². The Morgan fingerprint density at radius 1 is 0.778 bits per heavy atom. The second-order valence-corrected chi connectivity index (χ2v) is 5.47. The number of ether oxygens (including phenoxy) is 2. The van der Waals surface area contributed by atoms with Gasteiger partial charge in [0.05, 0.1) is 6.10 Å². The standard InChI is InChI=1S/C15H24O3/c1-12(17-13-8-4-2-5-9-13)15(16)18-14-10-6-3-7-11-14/h13-14H,1-11H2. The van der Waals surface area contributed by atoms with Crippen molar-refractivity contribution < 1.29 is 14.3 Å². The van der Waals surface area contributed by atoms with E-state index in [0.717, 1.165) is 38.5 Å². The molecule has 2 rings (SSSR count). The summed E-state index contributed by atoms with van der Waals surface area (Å²) in [6.07, 6.45) is 11.5. The molecule has 2 fully saturated rings. The van der Waals surface area contributed by atoms with Gasteiger partial charge in [-0.15, -0.1) is 0 Å². The predicted molar refractivity (Wildman–Crippen MR) is 70.1 cm³/mol. The zero-order valence-electron chi connectivity index (χ0n) is 11.2. The molecule has 0 aliphatic heterocycles. The predicted octanol–water partition coefficient (Wildman–Crippen LogP) is 3.73. The lowest BCUT2D eigenvalue weighted by atomic mass is 9.97. The van der Waals surface area contributed by atoms with Crippen LogP contribution in [0.25, 0.3) is 0 Å². The summed E-state index contributed by atoms with van der Waals surface area (Å²) in [6, 6.07) is 0. The Hall–Kier alpha value is -0.990. The number of carbonyl (C=O) groups excluding carboxylic acids is 1. The van der Waals surface area contributed by atoms with E-state index >= 15 is 0 Å². The summed E-state index contributed by atoms with van der Waals surface area (Å²) in [5, 5.41) is 0. The summed E-state index contributed by atoms with van der Waals surface area (Å²) < 4.78 is 11.1. The first-order chi connectivity index (χ1) is 8.75. The molecular weight excluding hydrogens is 228 g/mol. The highest BCUT2D eigenvalue weighted by atomic mass is 16.6. The lowest BCUT2D eigenvalue weighted by molar-refractivity contribution is -0.151. The monoisotopic (exact) mass is 252 g/mol. The molecule has 0 amide bonds. The van der Waals surface area contributed by atoms with Gasteiger partial charge in [0.15, 0.2) is 5.76 Å². The minimum absolute atomic E-state index is 0.0814. The van der Waals surface area contributed by atoms with Gasteiger partial charge in [0.25, 0.3) is 0 Å². The Kier molecular flexibility index (Phi) is 5.09. The van der Waals surface area contributed by atoms with E-state index in [-0.39, 0.29) is 23.9 Å². The van der Waals surface area contributed by atoms with E-state index < -0.39 is 0 Å². The Balaban J connectivity index is 1.71. The van der Waals surface area contributed by atoms with Gasteiger partial charge in [-0.3, -0.25) is 0 Å². The fraction of sp³-hybridized carbons (Fsp3) is 0.800. The minimum Gasteiger partial charge on any atom is -0.484 e. The van der Waals surface area contributed by atoms with Crippen LogP contribution in [0.5, 0.6) is 0 Å². The van der Waals surface area contributed by atoms with Crippen molar-refractivity contribution in [3.8, 4) is 0 Å².